The van der Waals surface area contributed by atoms with Crippen LogP contribution >= 0.6 is 0 Å². The van der Waals surface area contributed by atoms with Gasteiger partial charge in [-0.15, -0.1) is 0 Å². The molecule has 2 aliphatic carbocycles. The first kappa shape index (κ1) is 8.55. The van der Waals surface area contributed by atoms with E-state index in [1.807, 2.05) is 0 Å². The maximum atomic E-state index is 9.87. The SMILES string of the molecule is CC(C)CC(O)C1C2CCCC21. The van der Waals surface area contributed by atoms with Crippen molar-refractivity contribution in [1.82, 2.24) is 0 Å². The molecule has 0 amide bonds. The minimum absolute atomic E-state index is 0.0142. The smallest absolute Gasteiger partial charge is 0.0576 e. The Morgan fingerprint density at radius 3 is 2.33 bits per heavy atom. The van der Waals surface area contributed by atoms with E-state index in [0.29, 0.717) is 11.8 Å². The number of aliphatic hydroxyl groups excluding tert-OH is 1. The van der Waals surface area contributed by atoms with Gasteiger partial charge in [0.15, 0.2) is 0 Å². The number of aliphatic hydroxyl groups is 1. The van der Waals surface area contributed by atoms with Crippen LogP contribution in [-0.2, 0) is 0 Å². The summed E-state index contributed by atoms with van der Waals surface area (Å²) in [7, 11) is 0. The lowest BCUT2D eigenvalue weighted by Crippen LogP contribution is -2.15. The molecule has 0 aromatic rings. The topological polar surface area (TPSA) is 20.2 Å². The lowest BCUT2D eigenvalue weighted by atomic mass is 9.98. The average molecular weight is 168 g/mol. The van der Waals surface area contributed by atoms with Gasteiger partial charge in [-0.05, 0) is 42.9 Å². The van der Waals surface area contributed by atoms with Gasteiger partial charge in [0.2, 0.25) is 0 Å². The van der Waals surface area contributed by atoms with Crippen LogP contribution in [-0.4, -0.2) is 11.2 Å². The van der Waals surface area contributed by atoms with Gasteiger partial charge in [0.05, 0.1) is 6.10 Å². The lowest BCUT2D eigenvalue weighted by molar-refractivity contribution is 0.112. The van der Waals surface area contributed by atoms with Crippen molar-refractivity contribution >= 4 is 0 Å². The standard InChI is InChI=1S/C11H20O/c1-7(2)6-10(12)11-8-4-3-5-9(8)11/h7-12H,3-6H2,1-2H3. The van der Waals surface area contributed by atoms with E-state index in [2.05, 4.69) is 13.8 Å². The Morgan fingerprint density at radius 2 is 1.83 bits per heavy atom. The third kappa shape index (κ3) is 1.39. The quantitative estimate of drug-likeness (QED) is 0.686. The van der Waals surface area contributed by atoms with Crippen molar-refractivity contribution in [2.24, 2.45) is 23.7 Å². The molecule has 0 aromatic carbocycles. The Hall–Kier alpha value is -0.0400. The Balaban J connectivity index is 1.79. The highest BCUT2D eigenvalue weighted by Gasteiger charge is 2.55. The predicted octanol–water partition coefficient (Wildman–Crippen LogP) is 2.44. The van der Waals surface area contributed by atoms with Gasteiger partial charge in [-0.2, -0.15) is 0 Å². The van der Waals surface area contributed by atoms with Gasteiger partial charge in [0, 0.05) is 0 Å². The van der Waals surface area contributed by atoms with Gasteiger partial charge in [0.1, 0.15) is 0 Å². The van der Waals surface area contributed by atoms with Crippen molar-refractivity contribution < 1.29 is 5.11 Å². The van der Waals surface area contributed by atoms with Gasteiger partial charge < -0.3 is 5.11 Å². The van der Waals surface area contributed by atoms with E-state index < -0.39 is 0 Å². The van der Waals surface area contributed by atoms with Crippen molar-refractivity contribution in [3.8, 4) is 0 Å². The number of fused-ring (bicyclic) bond motifs is 1. The maximum Gasteiger partial charge on any atom is 0.0576 e. The molecule has 0 spiro atoms. The fraction of sp³-hybridized carbons (Fsp3) is 1.00. The minimum Gasteiger partial charge on any atom is -0.393 e. The highest BCUT2D eigenvalue weighted by Crippen LogP contribution is 2.59. The van der Waals surface area contributed by atoms with Gasteiger partial charge in [0.25, 0.3) is 0 Å². The molecule has 0 heterocycles. The molecule has 0 saturated heterocycles. The van der Waals surface area contributed by atoms with E-state index in [1.54, 1.807) is 0 Å². The molecular formula is C11H20O. The van der Waals surface area contributed by atoms with E-state index in [0.717, 1.165) is 18.3 Å². The molecule has 2 rings (SSSR count). The summed E-state index contributed by atoms with van der Waals surface area (Å²) in [5.74, 6) is 3.18. The van der Waals surface area contributed by atoms with Gasteiger partial charge in [-0.1, -0.05) is 20.3 Å². The van der Waals surface area contributed by atoms with Crippen molar-refractivity contribution in [2.75, 3.05) is 0 Å². The van der Waals surface area contributed by atoms with Gasteiger partial charge in [-0.3, -0.25) is 0 Å². The summed E-state index contributed by atoms with van der Waals surface area (Å²) < 4.78 is 0. The summed E-state index contributed by atoms with van der Waals surface area (Å²) in [6.45, 7) is 4.39. The fourth-order valence-corrected chi connectivity index (χ4v) is 3.09. The summed E-state index contributed by atoms with van der Waals surface area (Å²) in [6.07, 6.45) is 5.23. The van der Waals surface area contributed by atoms with E-state index in [4.69, 9.17) is 0 Å². The first-order chi connectivity index (χ1) is 5.70. The molecule has 70 valence electrons. The summed E-state index contributed by atoms with van der Waals surface area (Å²) in [4.78, 5) is 0. The highest BCUT2D eigenvalue weighted by molar-refractivity contribution is 5.04. The molecule has 1 N–H and O–H groups in total. The second-order valence-electron chi connectivity index (χ2n) is 5.03. The zero-order valence-electron chi connectivity index (χ0n) is 8.16. The number of rotatable bonds is 3. The molecule has 2 saturated carbocycles. The van der Waals surface area contributed by atoms with Crippen LogP contribution < -0.4 is 0 Å². The summed E-state index contributed by atoms with van der Waals surface area (Å²) in [6, 6.07) is 0. The van der Waals surface area contributed by atoms with Crippen LogP contribution in [0.25, 0.3) is 0 Å². The molecule has 1 heteroatoms. The molecule has 12 heavy (non-hydrogen) atoms. The van der Waals surface area contributed by atoms with Crippen molar-refractivity contribution in [3.05, 3.63) is 0 Å². The second kappa shape index (κ2) is 3.02. The lowest BCUT2D eigenvalue weighted by Gasteiger charge is -2.14. The molecule has 3 atom stereocenters. The molecule has 2 fully saturated rings. The highest BCUT2D eigenvalue weighted by atomic mass is 16.3. The van der Waals surface area contributed by atoms with Crippen LogP contribution in [0.4, 0.5) is 0 Å². The predicted molar refractivity (Wildman–Crippen MR) is 49.8 cm³/mol. The molecule has 2 aliphatic rings. The zero-order chi connectivity index (χ0) is 8.72. The molecule has 0 bridgehead atoms. The van der Waals surface area contributed by atoms with Gasteiger partial charge in [-0.25, -0.2) is 0 Å². The van der Waals surface area contributed by atoms with Crippen LogP contribution in [0, 0.1) is 23.7 Å². The normalized spacial score (nSPS) is 41.5. The van der Waals surface area contributed by atoms with Crippen LogP contribution in [0.15, 0.2) is 0 Å². The van der Waals surface area contributed by atoms with E-state index in [9.17, 15) is 5.11 Å². The van der Waals surface area contributed by atoms with Crippen molar-refractivity contribution in [3.63, 3.8) is 0 Å². The Morgan fingerprint density at radius 1 is 1.25 bits per heavy atom. The van der Waals surface area contributed by atoms with Crippen molar-refractivity contribution in [2.45, 2.75) is 45.6 Å². The fourth-order valence-electron chi connectivity index (χ4n) is 3.09. The summed E-state index contributed by atoms with van der Waals surface area (Å²) >= 11 is 0. The molecule has 1 nitrogen and oxygen atoms in total. The Kier molecular flexibility index (Phi) is 2.16. The van der Waals surface area contributed by atoms with Crippen LogP contribution in [0.2, 0.25) is 0 Å². The molecule has 0 aliphatic heterocycles. The van der Waals surface area contributed by atoms with Crippen LogP contribution in [0.1, 0.15) is 39.5 Å². The van der Waals surface area contributed by atoms with Crippen molar-refractivity contribution in [1.29, 1.82) is 0 Å². The Labute approximate surface area is 75.2 Å². The van der Waals surface area contributed by atoms with Gasteiger partial charge >= 0.3 is 0 Å². The summed E-state index contributed by atoms with van der Waals surface area (Å²) in [5, 5.41) is 9.87. The summed E-state index contributed by atoms with van der Waals surface area (Å²) in [5.41, 5.74) is 0. The zero-order valence-corrected chi connectivity index (χ0v) is 8.16. The minimum atomic E-state index is 0.0142. The Bertz CT molecular complexity index is 154. The molecular weight excluding hydrogens is 148 g/mol. The van der Waals surface area contributed by atoms with Crippen LogP contribution in [0.3, 0.4) is 0 Å². The number of hydrogen-bond acceptors (Lipinski definition) is 1. The van der Waals surface area contributed by atoms with E-state index in [1.165, 1.54) is 19.3 Å². The van der Waals surface area contributed by atoms with E-state index >= 15 is 0 Å². The van der Waals surface area contributed by atoms with E-state index in [-0.39, 0.29) is 6.10 Å². The third-order valence-corrected chi connectivity index (χ3v) is 3.63. The monoisotopic (exact) mass is 168 g/mol. The number of hydrogen-bond donors (Lipinski definition) is 1. The first-order valence-corrected chi connectivity index (χ1v) is 5.38. The first-order valence-electron chi connectivity index (χ1n) is 5.38. The largest absolute Gasteiger partial charge is 0.393 e. The average Bonchev–Trinajstić information content (AvgIpc) is 2.45. The molecule has 0 aromatic heterocycles. The van der Waals surface area contributed by atoms with Crippen LogP contribution in [0.5, 0.6) is 0 Å². The molecule has 3 unspecified atom stereocenters. The maximum absolute atomic E-state index is 9.87. The third-order valence-electron chi connectivity index (χ3n) is 3.63. The molecule has 0 radical (unpaired) electrons. The second-order valence-corrected chi connectivity index (χ2v) is 5.03.